The van der Waals surface area contributed by atoms with Crippen molar-refractivity contribution in [2.45, 2.75) is 19.4 Å². The number of carboxylic acid groups (broad SMARTS) is 1. The Morgan fingerprint density at radius 2 is 1.84 bits per heavy atom. The molecule has 0 radical (unpaired) electrons. The zero-order valence-electron chi connectivity index (χ0n) is 10.6. The van der Waals surface area contributed by atoms with Gasteiger partial charge in [-0.2, -0.15) is 0 Å². The maximum absolute atomic E-state index is 11.2. The van der Waals surface area contributed by atoms with E-state index in [1.807, 2.05) is 42.5 Å². The number of carbonyl (C=O) groups is 2. The fourth-order valence-corrected chi connectivity index (χ4v) is 2.10. The Bertz CT molecular complexity index is 606. The van der Waals surface area contributed by atoms with Gasteiger partial charge in [0.1, 0.15) is 0 Å². The summed E-state index contributed by atoms with van der Waals surface area (Å²) < 4.78 is 0. The summed E-state index contributed by atoms with van der Waals surface area (Å²) in [4.78, 5) is 22.0. The van der Waals surface area contributed by atoms with Gasteiger partial charge in [0.2, 0.25) is 5.91 Å². The molecule has 2 N–H and O–H groups in total. The maximum atomic E-state index is 11.2. The van der Waals surface area contributed by atoms with E-state index in [1.165, 1.54) is 6.92 Å². The normalized spacial score (nSPS) is 12.1. The number of aliphatic carboxylic acids is 1. The van der Waals surface area contributed by atoms with Gasteiger partial charge < -0.3 is 10.4 Å². The first-order valence-electron chi connectivity index (χ1n) is 6.04. The van der Waals surface area contributed by atoms with Crippen LogP contribution in [0.4, 0.5) is 0 Å². The standard InChI is InChI=1S/C15H15NO3/c1-10(17)16-14(9-15(18)19)13-7-6-11-4-2-3-5-12(11)8-13/h2-8,14H,9H2,1H3,(H,16,17)(H,18,19)/t14-/m1/s1. The SMILES string of the molecule is CC(=O)N[C@H](CC(=O)O)c1ccc2ccccc2c1. The lowest BCUT2D eigenvalue weighted by molar-refractivity contribution is -0.137. The number of fused-ring (bicyclic) bond motifs is 1. The van der Waals surface area contributed by atoms with Crippen LogP contribution in [0.5, 0.6) is 0 Å². The molecule has 0 aliphatic carbocycles. The summed E-state index contributed by atoms with van der Waals surface area (Å²) in [7, 11) is 0. The summed E-state index contributed by atoms with van der Waals surface area (Å²) >= 11 is 0. The van der Waals surface area contributed by atoms with Crippen molar-refractivity contribution in [3.63, 3.8) is 0 Å². The van der Waals surface area contributed by atoms with Gasteiger partial charge in [-0.1, -0.05) is 36.4 Å². The summed E-state index contributed by atoms with van der Waals surface area (Å²) in [6.45, 7) is 1.38. The monoisotopic (exact) mass is 257 g/mol. The molecule has 0 aliphatic heterocycles. The molecular weight excluding hydrogens is 242 g/mol. The fraction of sp³-hybridized carbons (Fsp3) is 0.200. The largest absolute Gasteiger partial charge is 0.481 e. The molecule has 0 aromatic heterocycles. The van der Waals surface area contributed by atoms with Gasteiger partial charge in [-0.05, 0) is 22.4 Å². The Morgan fingerprint density at radius 1 is 1.16 bits per heavy atom. The quantitative estimate of drug-likeness (QED) is 0.884. The van der Waals surface area contributed by atoms with Crippen molar-refractivity contribution >= 4 is 22.6 Å². The zero-order valence-corrected chi connectivity index (χ0v) is 10.6. The van der Waals surface area contributed by atoms with Crippen LogP contribution in [0.2, 0.25) is 0 Å². The van der Waals surface area contributed by atoms with E-state index in [2.05, 4.69) is 5.32 Å². The molecule has 1 atom stereocenters. The Balaban J connectivity index is 2.37. The molecular formula is C15H15NO3. The van der Waals surface area contributed by atoms with Gasteiger partial charge in [-0.3, -0.25) is 9.59 Å². The van der Waals surface area contributed by atoms with Crippen molar-refractivity contribution in [2.75, 3.05) is 0 Å². The van der Waals surface area contributed by atoms with Crippen molar-refractivity contribution in [3.05, 3.63) is 48.0 Å². The first-order chi connectivity index (χ1) is 9.06. The molecule has 0 aliphatic rings. The zero-order chi connectivity index (χ0) is 13.8. The predicted molar refractivity (Wildman–Crippen MR) is 72.8 cm³/mol. The lowest BCUT2D eigenvalue weighted by Crippen LogP contribution is -2.27. The van der Waals surface area contributed by atoms with Crippen LogP contribution in [0.3, 0.4) is 0 Å². The van der Waals surface area contributed by atoms with Crippen molar-refractivity contribution in [1.82, 2.24) is 5.32 Å². The molecule has 2 aromatic carbocycles. The molecule has 19 heavy (non-hydrogen) atoms. The Hall–Kier alpha value is -2.36. The second-order valence-electron chi connectivity index (χ2n) is 4.46. The molecule has 2 aromatic rings. The highest BCUT2D eigenvalue weighted by Gasteiger charge is 2.16. The number of hydrogen-bond acceptors (Lipinski definition) is 2. The summed E-state index contributed by atoms with van der Waals surface area (Å²) in [5, 5.41) is 13.7. The molecule has 0 saturated heterocycles. The van der Waals surface area contributed by atoms with Gasteiger partial charge >= 0.3 is 5.97 Å². The maximum Gasteiger partial charge on any atom is 0.305 e. The molecule has 0 bridgehead atoms. The highest BCUT2D eigenvalue weighted by Crippen LogP contribution is 2.22. The molecule has 0 fully saturated rings. The van der Waals surface area contributed by atoms with Crippen molar-refractivity contribution in [1.29, 1.82) is 0 Å². The van der Waals surface area contributed by atoms with E-state index < -0.39 is 12.0 Å². The molecule has 2 rings (SSSR count). The van der Waals surface area contributed by atoms with E-state index in [-0.39, 0.29) is 12.3 Å². The third-order valence-electron chi connectivity index (χ3n) is 2.93. The van der Waals surface area contributed by atoms with E-state index in [0.717, 1.165) is 16.3 Å². The van der Waals surface area contributed by atoms with Gasteiger partial charge in [0.05, 0.1) is 12.5 Å². The predicted octanol–water partition coefficient (Wildman–Crippen LogP) is 2.49. The minimum absolute atomic E-state index is 0.127. The summed E-state index contributed by atoms with van der Waals surface area (Å²) in [5.74, 6) is -1.17. The van der Waals surface area contributed by atoms with Crippen LogP contribution < -0.4 is 5.32 Å². The summed E-state index contributed by atoms with van der Waals surface area (Å²) in [6.07, 6.45) is -0.127. The number of carbonyl (C=O) groups excluding carboxylic acids is 1. The highest BCUT2D eigenvalue weighted by atomic mass is 16.4. The number of rotatable bonds is 4. The second kappa shape index (κ2) is 5.52. The van der Waals surface area contributed by atoms with Crippen LogP contribution >= 0.6 is 0 Å². The number of benzene rings is 2. The van der Waals surface area contributed by atoms with Gasteiger partial charge in [0.25, 0.3) is 0 Å². The molecule has 4 heteroatoms. The number of nitrogens with one attached hydrogen (secondary N) is 1. The van der Waals surface area contributed by atoms with Crippen LogP contribution in [0.25, 0.3) is 10.8 Å². The molecule has 0 heterocycles. The van der Waals surface area contributed by atoms with Gasteiger partial charge in [0, 0.05) is 6.92 Å². The molecule has 4 nitrogen and oxygen atoms in total. The lowest BCUT2D eigenvalue weighted by Gasteiger charge is -2.16. The van der Waals surface area contributed by atoms with E-state index in [1.54, 1.807) is 0 Å². The average molecular weight is 257 g/mol. The topological polar surface area (TPSA) is 66.4 Å². The van der Waals surface area contributed by atoms with Crippen LogP contribution in [0.15, 0.2) is 42.5 Å². The third-order valence-corrected chi connectivity index (χ3v) is 2.93. The van der Waals surface area contributed by atoms with Gasteiger partial charge in [0.15, 0.2) is 0 Å². The first-order valence-corrected chi connectivity index (χ1v) is 6.04. The van der Waals surface area contributed by atoms with Crippen LogP contribution in [0, 0.1) is 0 Å². The molecule has 0 saturated carbocycles. The third kappa shape index (κ3) is 3.31. The highest BCUT2D eigenvalue weighted by molar-refractivity contribution is 5.83. The van der Waals surface area contributed by atoms with Gasteiger partial charge in [-0.15, -0.1) is 0 Å². The smallest absolute Gasteiger partial charge is 0.305 e. The fourth-order valence-electron chi connectivity index (χ4n) is 2.10. The number of carboxylic acids is 1. The minimum atomic E-state index is -0.938. The number of hydrogen-bond donors (Lipinski definition) is 2. The summed E-state index contributed by atoms with van der Waals surface area (Å²) in [5.41, 5.74) is 0.802. The minimum Gasteiger partial charge on any atom is -0.481 e. The molecule has 98 valence electrons. The molecule has 0 unspecified atom stereocenters. The number of amides is 1. The average Bonchev–Trinajstić information content (AvgIpc) is 2.36. The molecule has 1 amide bonds. The van der Waals surface area contributed by atoms with Crippen LogP contribution in [0.1, 0.15) is 24.9 Å². The Labute approximate surface area is 111 Å². The van der Waals surface area contributed by atoms with Crippen molar-refractivity contribution < 1.29 is 14.7 Å². The van der Waals surface area contributed by atoms with Gasteiger partial charge in [-0.25, -0.2) is 0 Å². The Morgan fingerprint density at radius 3 is 2.47 bits per heavy atom. The first kappa shape index (κ1) is 13.1. The lowest BCUT2D eigenvalue weighted by atomic mass is 9.99. The Kier molecular flexibility index (Phi) is 3.80. The van der Waals surface area contributed by atoms with E-state index >= 15 is 0 Å². The van der Waals surface area contributed by atoms with Crippen molar-refractivity contribution in [3.8, 4) is 0 Å². The van der Waals surface area contributed by atoms with E-state index in [4.69, 9.17) is 5.11 Å². The van der Waals surface area contributed by atoms with E-state index in [9.17, 15) is 9.59 Å². The second-order valence-corrected chi connectivity index (χ2v) is 4.46. The van der Waals surface area contributed by atoms with E-state index in [0.29, 0.717) is 0 Å². The van der Waals surface area contributed by atoms with Crippen LogP contribution in [-0.2, 0) is 9.59 Å². The summed E-state index contributed by atoms with van der Waals surface area (Å²) in [6, 6.07) is 13.0. The van der Waals surface area contributed by atoms with Crippen molar-refractivity contribution in [2.24, 2.45) is 0 Å². The van der Waals surface area contributed by atoms with Crippen LogP contribution in [-0.4, -0.2) is 17.0 Å². The molecule has 0 spiro atoms.